The monoisotopic (exact) mass is 266 g/mol. The predicted octanol–water partition coefficient (Wildman–Crippen LogP) is 2.38. The minimum Gasteiger partial charge on any atom is -0.478 e. The van der Waals surface area contributed by atoms with E-state index in [1.807, 2.05) is 13.0 Å². The number of nitrogens with two attached hydrogens (primary N) is 2. The van der Waals surface area contributed by atoms with Gasteiger partial charge in [0, 0.05) is 6.07 Å². The Balaban J connectivity index is 0.000000184. The van der Waals surface area contributed by atoms with Crippen LogP contribution in [0.2, 0.25) is 5.15 Å². The second kappa shape index (κ2) is 7.34. The first-order chi connectivity index (χ1) is 8.61. The lowest BCUT2D eigenvalue weighted by molar-refractivity contribution is 0.327. The molecule has 0 atom stereocenters. The van der Waals surface area contributed by atoms with E-state index < -0.39 is 0 Å². The van der Waals surface area contributed by atoms with Crippen LogP contribution in [0.25, 0.3) is 0 Å². The fourth-order valence-electron chi connectivity index (χ4n) is 1.08. The highest BCUT2D eigenvalue weighted by atomic mass is 35.5. The third kappa shape index (κ3) is 5.36. The van der Waals surface area contributed by atoms with E-state index in [0.29, 0.717) is 29.3 Å². The average Bonchev–Trinajstić information content (AvgIpc) is 2.30. The van der Waals surface area contributed by atoms with Gasteiger partial charge in [-0.15, -0.1) is 0 Å². The van der Waals surface area contributed by atoms with Crippen molar-refractivity contribution < 1.29 is 4.74 Å². The molecule has 4 N–H and O–H groups in total. The molecule has 2 aromatic heterocycles. The third-order valence-electron chi connectivity index (χ3n) is 1.77. The number of rotatable bonds is 2. The molecule has 2 heterocycles. The molecule has 0 fully saturated rings. The van der Waals surface area contributed by atoms with Gasteiger partial charge in [-0.1, -0.05) is 23.7 Å². The van der Waals surface area contributed by atoms with Gasteiger partial charge in [0.05, 0.1) is 6.61 Å². The molecule has 0 amide bonds. The summed E-state index contributed by atoms with van der Waals surface area (Å²) in [5.41, 5.74) is 10.7. The SMILES string of the molecule is CCOc1cccc(N)n1.Nc1cccc(Cl)n1. The summed E-state index contributed by atoms with van der Waals surface area (Å²) in [6.45, 7) is 2.53. The highest BCUT2D eigenvalue weighted by Crippen LogP contribution is 2.07. The standard InChI is InChI=1S/C7H10N2O.C5H5ClN2/c1-2-10-7-5-3-4-6(8)9-7;6-4-2-1-3-5(7)8-4/h3-5H,2H2,1H3,(H2,8,9);1-3H,(H2,7,8). The molecule has 18 heavy (non-hydrogen) atoms. The van der Waals surface area contributed by atoms with Gasteiger partial charge in [-0.3, -0.25) is 0 Å². The van der Waals surface area contributed by atoms with Crippen LogP contribution in [0.1, 0.15) is 6.92 Å². The topological polar surface area (TPSA) is 87.0 Å². The second-order valence-electron chi connectivity index (χ2n) is 3.22. The third-order valence-corrected chi connectivity index (χ3v) is 1.98. The van der Waals surface area contributed by atoms with Crippen molar-refractivity contribution in [3.8, 4) is 5.88 Å². The Morgan fingerprint density at radius 1 is 1.06 bits per heavy atom. The van der Waals surface area contributed by atoms with E-state index >= 15 is 0 Å². The van der Waals surface area contributed by atoms with Crippen molar-refractivity contribution in [2.24, 2.45) is 0 Å². The van der Waals surface area contributed by atoms with Gasteiger partial charge in [-0.25, -0.2) is 4.98 Å². The van der Waals surface area contributed by atoms with Crippen molar-refractivity contribution >= 4 is 23.2 Å². The minimum absolute atomic E-state index is 0.435. The molecule has 2 aromatic rings. The van der Waals surface area contributed by atoms with Gasteiger partial charge >= 0.3 is 0 Å². The van der Waals surface area contributed by atoms with E-state index in [1.165, 1.54) is 0 Å². The Kier molecular flexibility index (Phi) is 5.73. The van der Waals surface area contributed by atoms with Gasteiger partial charge in [0.1, 0.15) is 16.8 Å². The summed E-state index contributed by atoms with van der Waals surface area (Å²) < 4.78 is 5.10. The summed E-state index contributed by atoms with van der Waals surface area (Å²) in [4.78, 5) is 7.64. The molecule has 2 rings (SSSR count). The first-order valence-electron chi connectivity index (χ1n) is 5.35. The van der Waals surface area contributed by atoms with E-state index in [1.54, 1.807) is 30.3 Å². The number of halogens is 1. The van der Waals surface area contributed by atoms with E-state index in [0.717, 1.165) is 0 Å². The molecule has 0 saturated carbocycles. The first-order valence-corrected chi connectivity index (χ1v) is 5.73. The molecule has 0 saturated heterocycles. The van der Waals surface area contributed by atoms with Gasteiger partial charge < -0.3 is 16.2 Å². The molecule has 0 bridgehead atoms. The number of hydrogen-bond donors (Lipinski definition) is 2. The molecule has 0 aliphatic carbocycles. The van der Waals surface area contributed by atoms with Crippen LogP contribution in [-0.4, -0.2) is 16.6 Å². The molecule has 0 aliphatic rings. The van der Waals surface area contributed by atoms with Crippen molar-refractivity contribution in [3.05, 3.63) is 41.6 Å². The van der Waals surface area contributed by atoms with Gasteiger partial charge in [0.15, 0.2) is 0 Å². The van der Waals surface area contributed by atoms with Crippen LogP contribution in [-0.2, 0) is 0 Å². The molecule has 0 aromatic carbocycles. The molecule has 0 spiro atoms. The van der Waals surface area contributed by atoms with Crippen molar-refractivity contribution in [1.29, 1.82) is 0 Å². The van der Waals surface area contributed by atoms with E-state index in [2.05, 4.69) is 9.97 Å². The van der Waals surface area contributed by atoms with Gasteiger partial charge in [-0.2, -0.15) is 4.98 Å². The molecule has 6 heteroatoms. The number of ether oxygens (including phenoxy) is 1. The Labute approximate surface area is 111 Å². The first kappa shape index (κ1) is 14.1. The smallest absolute Gasteiger partial charge is 0.215 e. The van der Waals surface area contributed by atoms with E-state index in [9.17, 15) is 0 Å². The zero-order valence-corrected chi connectivity index (χ0v) is 10.8. The average molecular weight is 267 g/mol. The maximum atomic E-state index is 5.45. The van der Waals surface area contributed by atoms with Crippen molar-refractivity contribution in [2.45, 2.75) is 6.92 Å². The van der Waals surface area contributed by atoms with Crippen LogP contribution in [0.5, 0.6) is 5.88 Å². The quantitative estimate of drug-likeness (QED) is 0.815. The molecule has 5 nitrogen and oxygen atoms in total. The summed E-state index contributed by atoms with van der Waals surface area (Å²) in [7, 11) is 0. The molecule has 0 aliphatic heterocycles. The molecule has 0 unspecified atom stereocenters. The lowest BCUT2D eigenvalue weighted by Gasteiger charge is -2.00. The maximum absolute atomic E-state index is 5.45. The number of pyridine rings is 2. The fraction of sp³-hybridized carbons (Fsp3) is 0.167. The largest absolute Gasteiger partial charge is 0.478 e. The molecular weight excluding hydrogens is 252 g/mol. The molecule has 96 valence electrons. The number of anilines is 2. The van der Waals surface area contributed by atoms with Crippen molar-refractivity contribution in [1.82, 2.24) is 9.97 Å². The molecular formula is C12H15ClN4O. The van der Waals surface area contributed by atoms with Crippen LogP contribution in [0.3, 0.4) is 0 Å². The van der Waals surface area contributed by atoms with E-state index in [4.69, 9.17) is 27.8 Å². The zero-order chi connectivity index (χ0) is 13.4. The summed E-state index contributed by atoms with van der Waals surface area (Å²) in [5, 5.41) is 0.435. The summed E-state index contributed by atoms with van der Waals surface area (Å²) >= 11 is 5.45. The lowest BCUT2D eigenvalue weighted by atomic mass is 10.4. The summed E-state index contributed by atoms with van der Waals surface area (Å²) in [5.74, 6) is 1.53. The minimum atomic E-state index is 0.435. The Hall–Kier alpha value is -2.01. The Bertz CT molecular complexity index is 476. The number of nitrogens with zero attached hydrogens (tertiary/aromatic N) is 2. The fourth-order valence-corrected chi connectivity index (χ4v) is 1.25. The second-order valence-corrected chi connectivity index (χ2v) is 3.61. The summed E-state index contributed by atoms with van der Waals surface area (Å²) in [6, 6.07) is 10.4. The zero-order valence-electron chi connectivity index (χ0n) is 10.0. The van der Waals surface area contributed by atoms with Crippen molar-refractivity contribution in [2.75, 3.05) is 18.1 Å². The number of aromatic nitrogens is 2. The van der Waals surface area contributed by atoms with Gasteiger partial charge in [0.25, 0.3) is 0 Å². The number of nitrogen functional groups attached to an aromatic ring is 2. The molecule has 0 radical (unpaired) electrons. The van der Waals surface area contributed by atoms with Gasteiger partial charge in [-0.05, 0) is 25.1 Å². The van der Waals surface area contributed by atoms with Crippen LogP contribution in [0, 0.1) is 0 Å². The highest BCUT2D eigenvalue weighted by Gasteiger charge is 1.91. The Morgan fingerprint density at radius 3 is 2.11 bits per heavy atom. The predicted molar refractivity (Wildman–Crippen MR) is 73.5 cm³/mol. The highest BCUT2D eigenvalue weighted by molar-refractivity contribution is 6.29. The summed E-state index contributed by atoms with van der Waals surface area (Å²) in [6.07, 6.45) is 0. The van der Waals surface area contributed by atoms with Crippen LogP contribution in [0.4, 0.5) is 11.6 Å². The normalized spacial score (nSPS) is 9.22. The Morgan fingerprint density at radius 2 is 1.67 bits per heavy atom. The van der Waals surface area contributed by atoms with Crippen LogP contribution >= 0.6 is 11.6 Å². The van der Waals surface area contributed by atoms with Crippen LogP contribution in [0.15, 0.2) is 36.4 Å². The van der Waals surface area contributed by atoms with Crippen molar-refractivity contribution in [3.63, 3.8) is 0 Å². The van der Waals surface area contributed by atoms with Gasteiger partial charge in [0.2, 0.25) is 5.88 Å². The van der Waals surface area contributed by atoms with E-state index in [-0.39, 0.29) is 0 Å². The lowest BCUT2D eigenvalue weighted by Crippen LogP contribution is -1.96. The maximum Gasteiger partial charge on any atom is 0.215 e. The van der Waals surface area contributed by atoms with Crippen LogP contribution < -0.4 is 16.2 Å². The number of hydrogen-bond acceptors (Lipinski definition) is 5.